The molecule has 4 bridgehead atoms. The first-order chi connectivity index (χ1) is 10.5. The van der Waals surface area contributed by atoms with Crippen LogP contribution < -0.4 is 0 Å². The van der Waals surface area contributed by atoms with Crippen molar-refractivity contribution < 1.29 is 19.7 Å². The molecule has 0 amide bonds. The van der Waals surface area contributed by atoms with E-state index >= 15 is 0 Å². The molecule has 4 aliphatic carbocycles. The molecule has 4 rings (SSSR count). The highest BCUT2D eigenvalue weighted by Crippen LogP contribution is 2.64. The summed E-state index contributed by atoms with van der Waals surface area (Å²) in [5.41, 5.74) is -2.58. The maximum atomic E-state index is 12.8. The quantitative estimate of drug-likeness (QED) is 0.780. The zero-order valence-electron chi connectivity index (χ0n) is 15.2. The fourth-order valence-corrected chi connectivity index (χ4v) is 5.69. The summed E-state index contributed by atoms with van der Waals surface area (Å²) in [6, 6.07) is 0. The summed E-state index contributed by atoms with van der Waals surface area (Å²) in [6.07, 6.45) is 3.79. The first kappa shape index (κ1) is 17.2. The van der Waals surface area contributed by atoms with Gasteiger partial charge in [0.2, 0.25) is 0 Å². The van der Waals surface area contributed by atoms with Crippen molar-refractivity contribution in [3.63, 3.8) is 0 Å². The van der Waals surface area contributed by atoms with E-state index in [1.54, 1.807) is 0 Å². The molecule has 0 saturated heterocycles. The zero-order valence-corrected chi connectivity index (χ0v) is 15.2. The minimum Gasteiger partial charge on any atom is -0.458 e. The highest BCUT2D eigenvalue weighted by atomic mass is 16.6. The molecule has 4 nitrogen and oxygen atoms in total. The minimum absolute atomic E-state index is 0.0513. The summed E-state index contributed by atoms with van der Waals surface area (Å²) in [6.45, 7) is 10.1. The number of carbonyl (C=O) groups is 1. The molecule has 23 heavy (non-hydrogen) atoms. The van der Waals surface area contributed by atoms with E-state index in [1.165, 1.54) is 0 Å². The number of esters is 1. The van der Waals surface area contributed by atoms with Gasteiger partial charge in [0, 0.05) is 18.3 Å². The van der Waals surface area contributed by atoms with Crippen LogP contribution in [0.3, 0.4) is 0 Å². The fourth-order valence-electron chi connectivity index (χ4n) is 5.69. The molecule has 0 aromatic carbocycles. The van der Waals surface area contributed by atoms with Crippen LogP contribution in [0.1, 0.15) is 73.1 Å². The van der Waals surface area contributed by atoms with Gasteiger partial charge in [0.25, 0.3) is 0 Å². The highest BCUT2D eigenvalue weighted by molar-refractivity contribution is 5.76. The SMILES string of the molecule is CCC(C)(C)C(=O)OC1(C(C)C)C2CC3(O)CC1CC(O)(C2)C3. The number of rotatable bonds is 4. The minimum atomic E-state index is -0.772. The van der Waals surface area contributed by atoms with Crippen LogP contribution in [0.25, 0.3) is 0 Å². The molecule has 0 atom stereocenters. The van der Waals surface area contributed by atoms with E-state index in [4.69, 9.17) is 4.74 Å². The van der Waals surface area contributed by atoms with Crippen molar-refractivity contribution in [2.45, 2.75) is 89.9 Å². The molecule has 4 heteroatoms. The molecule has 0 heterocycles. The molecule has 2 N–H and O–H groups in total. The third kappa shape index (κ3) is 2.44. The summed E-state index contributed by atoms with van der Waals surface area (Å²) in [7, 11) is 0. The van der Waals surface area contributed by atoms with E-state index in [9.17, 15) is 15.0 Å². The van der Waals surface area contributed by atoms with Gasteiger partial charge < -0.3 is 14.9 Å². The van der Waals surface area contributed by atoms with Gasteiger partial charge in [-0.15, -0.1) is 0 Å². The smallest absolute Gasteiger partial charge is 0.312 e. The second kappa shape index (κ2) is 4.95. The van der Waals surface area contributed by atoms with Crippen molar-refractivity contribution in [1.29, 1.82) is 0 Å². The Labute approximate surface area is 139 Å². The maximum Gasteiger partial charge on any atom is 0.312 e. The van der Waals surface area contributed by atoms with Gasteiger partial charge in [0.1, 0.15) is 5.60 Å². The number of aliphatic hydroxyl groups is 2. The number of hydrogen-bond acceptors (Lipinski definition) is 4. The van der Waals surface area contributed by atoms with E-state index in [-0.39, 0.29) is 23.7 Å². The van der Waals surface area contributed by atoms with Crippen LogP contribution in [0, 0.1) is 23.2 Å². The first-order valence-corrected chi connectivity index (χ1v) is 9.15. The van der Waals surface area contributed by atoms with E-state index in [2.05, 4.69) is 13.8 Å². The molecule has 0 aromatic rings. The van der Waals surface area contributed by atoms with Crippen molar-refractivity contribution in [2.75, 3.05) is 0 Å². The lowest BCUT2D eigenvalue weighted by molar-refractivity contribution is -0.292. The lowest BCUT2D eigenvalue weighted by Crippen LogP contribution is -2.71. The molecule has 0 unspecified atom stereocenters. The lowest BCUT2D eigenvalue weighted by atomic mass is 9.44. The Bertz CT molecular complexity index is 471. The fraction of sp³-hybridized carbons (Fsp3) is 0.947. The summed E-state index contributed by atoms with van der Waals surface area (Å²) in [5.74, 6) is 0.146. The normalized spacial score (nSPS) is 45.6. The molecule has 0 spiro atoms. The van der Waals surface area contributed by atoms with Crippen LogP contribution in [0.15, 0.2) is 0 Å². The van der Waals surface area contributed by atoms with Crippen molar-refractivity contribution in [1.82, 2.24) is 0 Å². The molecule has 0 radical (unpaired) electrons. The third-order valence-corrected chi connectivity index (χ3v) is 7.05. The second-order valence-corrected chi connectivity index (χ2v) is 9.47. The monoisotopic (exact) mass is 324 g/mol. The first-order valence-electron chi connectivity index (χ1n) is 9.15. The largest absolute Gasteiger partial charge is 0.458 e. The molecule has 0 aliphatic heterocycles. The number of hydrogen-bond donors (Lipinski definition) is 2. The Balaban J connectivity index is 1.96. The Kier molecular flexibility index (Phi) is 3.71. The van der Waals surface area contributed by atoms with Crippen LogP contribution in [0.2, 0.25) is 0 Å². The van der Waals surface area contributed by atoms with Crippen LogP contribution in [-0.2, 0) is 9.53 Å². The maximum absolute atomic E-state index is 12.8. The van der Waals surface area contributed by atoms with E-state index in [0.29, 0.717) is 32.1 Å². The molecule has 0 aromatic heterocycles. The Morgan fingerprint density at radius 1 is 1.13 bits per heavy atom. The summed E-state index contributed by atoms with van der Waals surface area (Å²) in [5, 5.41) is 21.6. The number of ether oxygens (including phenoxy) is 1. The van der Waals surface area contributed by atoms with Crippen molar-refractivity contribution in [3.05, 3.63) is 0 Å². The summed E-state index contributed by atoms with van der Waals surface area (Å²) in [4.78, 5) is 12.8. The van der Waals surface area contributed by atoms with Crippen LogP contribution >= 0.6 is 0 Å². The van der Waals surface area contributed by atoms with Crippen molar-refractivity contribution in [3.8, 4) is 0 Å². The Morgan fingerprint density at radius 3 is 1.91 bits per heavy atom. The van der Waals surface area contributed by atoms with Gasteiger partial charge in [-0.25, -0.2) is 0 Å². The van der Waals surface area contributed by atoms with Crippen LogP contribution in [-0.4, -0.2) is 33.0 Å². The van der Waals surface area contributed by atoms with Gasteiger partial charge in [0.15, 0.2) is 0 Å². The van der Waals surface area contributed by atoms with Crippen LogP contribution in [0.4, 0.5) is 0 Å². The van der Waals surface area contributed by atoms with Crippen molar-refractivity contribution >= 4 is 5.97 Å². The Morgan fingerprint density at radius 2 is 1.57 bits per heavy atom. The van der Waals surface area contributed by atoms with E-state index in [1.807, 2.05) is 20.8 Å². The van der Waals surface area contributed by atoms with Gasteiger partial charge in [-0.1, -0.05) is 20.8 Å². The average molecular weight is 324 g/mol. The lowest BCUT2D eigenvalue weighted by Gasteiger charge is -2.66. The van der Waals surface area contributed by atoms with Gasteiger partial charge in [-0.05, 0) is 51.9 Å². The van der Waals surface area contributed by atoms with Crippen molar-refractivity contribution in [2.24, 2.45) is 23.2 Å². The van der Waals surface area contributed by atoms with Gasteiger partial charge >= 0.3 is 5.97 Å². The standard InChI is InChI=1S/C19H32O4/c1-6-16(4,5)15(20)23-19(12(2)3)13-7-17(21)9-14(19)10-18(22,8-13)11-17/h12-14,21-22H,6-11H2,1-5H3. The summed E-state index contributed by atoms with van der Waals surface area (Å²) < 4.78 is 6.26. The second-order valence-electron chi connectivity index (χ2n) is 9.47. The average Bonchev–Trinajstić information content (AvgIpc) is 2.39. The Hall–Kier alpha value is -0.610. The molecular weight excluding hydrogens is 292 g/mol. The van der Waals surface area contributed by atoms with Crippen LogP contribution in [0.5, 0.6) is 0 Å². The van der Waals surface area contributed by atoms with Gasteiger partial charge in [-0.3, -0.25) is 4.79 Å². The molecule has 4 saturated carbocycles. The topological polar surface area (TPSA) is 66.8 Å². The third-order valence-electron chi connectivity index (χ3n) is 7.05. The highest BCUT2D eigenvalue weighted by Gasteiger charge is 2.69. The van der Waals surface area contributed by atoms with Gasteiger partial charge in [0.05, 0.1) is 16.6 Å². The molecule has 132 valence electrons. The predicted molar refractivity (Wildman–Crippen MR) is 87.7 cm³/mol. The van der Waals surface area contributed by atoms with E-state index in [0.717, 1.165) is 6.42 Å². The van der Waals surface area contributed by atoms with Gasteiger partial charge in [-0.2, -0.15) is 0 Å². The molecule has 4 aliphatic rings. The number of carbonyl (C=O) groups excluding carboxylic acids is 1. The predicted octanol–water partition coefficient (Wildman–Crippen LogP) is 3.05. The summed E-state index contributed by atoms with van der Waals surface area (Å²) >= 11 is 0. The van der Waals surface area contributed by atoms with E-state index < -0.39 is 22.2 Å². The molecule has 4 fully saturated rings. The zero-order chi connectivity index (χ0) is 17.3. The molecular formula is C19H32O4.